The summed E-state index contributed by atoms with van der Waals surface area (Å²) in [7, 11) is 3.93. The molecule has 1 saturated carbocycles. The quantitative estimate of drug-likeness (QED) is 0.756. The Bertz CT molecular complexity index is 627. The van der Waals surface area contributed by atoms with E-state index >= 15 is 0 Å². The molecule has 1 fully saturated rings. The predicted octanol–water partition coefficient (Wildman–Crippen LogP) is 2.18. The summed E-state index contributed by atoms with van der Waals surface area (Å²) in [5.74, 6) is 0.777. The fraction of sp³-hybridized carbons (Fsp3) is 0.462. The van der Waals surface area contributed by atoms with Crippen molar-refractivity contribution >= 4 is 11.0 Å². The molecule has 0 unspecified atom stereocenters. The van der Waals surface area contributed by atoms with Crippen LogP contribution in [-0.2, 0) is 14.1 Å². The number of nitrogens with one attached hydrogen (secondary N) is 1. The van der Waals surface area contributed by atoms with Crippen LogP contribution >= 0.6 is 0 Å². The van der Waals surface area contributed by atoms with Gasteiger partial charge in [-0.25, -0.2) is 0 Å². The first-order valence-corrected chi connectivity index (χ1v) is 5.80. The predicted molar refractivity (Wildman–Crippen MR) is 64.5 cm³/mol. The van der Waals surface area contributed by atoms with Gasteiger partial charge in [-0.15, -0.1) is 0 Å². The average Bonchev–Trinajstić information content (AvgIpc) is 3.06. The number of rotatable bonds is 1. The van der Waals surface area contributed by atoms with Crippen molar-refractivity contribution in [2.24, 2.45) is 14.1 Å². The lowest BCUT2D eigenvalue weighted by Gasteiger charge is -2.05. The third-order valence-electron chi connectivity index (χ3n) is 3.74. The molecule has 1 aliphatic rings. The zero-order chi connectivity index (χ0) is 11.4. The van der Waals surface area contributed by atoms with Gasteiger partial charge in [-0.2, -0.15) is 0 Å². The minimum Gasteiger partial charge on any atom is -0.313 e. The van der Waals surface area contributed by atoms with E-state index in [0.717, 1.165) is 11.4 Å². The Morgan fingerprint density at radius 2 is 1.69 bits per heavy atom. The molecule has 0 radical (unpaired) electrons. The van der Waals surface area contributed by atoms with E-state index in [1.807, 2.05) is 23.2 Å². The van der Waals surface area contributed by atoms with E-state index in [2.05, 4.69) is 19.1 Å². The summed E-state index contributed by atoms with van der Waals surface area (Å²) in [6.07, 6.45) is 2.66. The minimum atomic E-state index is 0.558. The monoisotopic (exact) mass is 215 g/mol. The average molecular weight is 215 g/mol. The van der Waals surface area contributed by atoms with Gasteiger partial charge in [0.1, 0.15) is 0 Å². The standard InChI is InChI=1S/C13H17N3/c1-8-6-11-12(7-10(8)9-4-5-9)16(3)13(14)15(11)2/h6-7,9,14H,4-5H2,1-3H3. The van der Waals surface area contributed by atoms with Crippen molar-refractivity contribution in [2.75, 3.05) is 0 Å². The SMILES string of the molecule is Cc1cc2c(cc1C1CC1)n(C)c(=N)n2C. The number of benzene rings is 1. The van der Waals surface area contributed by atoms with Crippen LogP contribution in [0.5, 0.6) is 0 Å². The maximum Gasteiger partial charge on any atom is 0.202 e. The molecule has 0 spiro atoms. The lowest BCUT2D eigenvalue weighted by molar-refractivity contribution is 0.742. The van der Waals surface area contributed by atoms with E-state index in [9.17, 15) is 0 Å². The lowest BCUT2D eigenvalue weighted by atomic mass is 10.0. The van der Waals surface area contributed by atoms with Crippen LogP contribution in [0.3, 0.4) is 0 Å². The third-order valence-corrected chi connectivity index (χ3v) is 3.74. The molecule has 1 aliphatic carbocycles. The van der Waals surface area contributed by atoms with E-state index in [4.69, 9.17) is 5.41 Å². The fourth-order valence-electron chi connectivity index (χ4n) is 2.52. The van der Waals surface area contributed by atoms with Crippen molar-refractivity contribution in [2.45, 2.75) is 25.7 Å². The van der Waals surface area contributed by atoms with Gasteiger partial charge in [-0.05, 0) is 48.9 Å². The molecule has 84 valence electrons. The van der Waals surface area contributed by atoms with Crippen LogP contribution in [0, 0.1) is 12.3 Å². The van der Waals surface area contributed by atoms with E-state index < -0.39 is 0 Å². The molecular weight excluding hydrogens is 198 g/mol. The molecule has 2 aromatic rings. The molecule has 0 bridgehead atoms. The first kappa shape index (κ1) is 9.70. The Morgan fingerprint density at radius 1 is 1.12 bits per heavy atom. The first-order valence-electron chi connectivity index (χ1n) is 5.80. The second-order valence-corrected chi connectivity index (χ2v) is 4.91. The maximum atomic E-state index is 7.96. The van der Waals surface area contributed by atoms with E-state index in [1.165, 1.54) is 29.5 Å². The molecule has 1 aromatic carbocycles. The number of hydrogen-bond donors (Lipinski definition) is 1. The van der Waals surface area contributed by atoms with Crippen molar-refractivity contribution in [3.05, 3.63) is 28.9 Å². The van der Waals surface area contributed by atoms with Gasteiger partial charge in [0.15, 0.2) is 0 Å². The minimum absolute atomic E-state index is 0.558. The molecule has 16 heavy (non-hydrogen) atoms. The normalized spacial score (nSPS) is 15.9. The number of hydrogen-bond acceptors (Lipinski definition) is 1. The molecule has 3 nitrogen and oxygen atoms in total. The van der Waals surface area contributed by atoms with Crippen LogP contribution in [0.25, 0.3) is 11.0 Å². The number of imidazole rings is 1. The molecule has 1 heterocycles. The van der Waals surface area contributed by atoms with Crippen LogP contribution in [-0.4, -0.2) is 9.13 Å². The van der Waals surface area contributed by atoms with Crippen LogP contribution in [0.1, 0.15) is 29.9 Å². The van der Waals surface area contributed by atoms with Crippen molar-refractivity contribution in [1.82, 2.24) is 9.13 Å². The Hall–Kier alpha value is -1.51. The van der Waals surface area contributed by atoms with Gasteiger partial charge in [0, 0.05) is 14.1 Å². The van der Waals surface area contributed by atoms with Crippen molar-refractivity contribution in [3.63, 3.8) is 0 Å². The van der Waals surface area contributed by atoms with Crippen molar-refractivity contribution in [1.29, 1.82) is 5.41 Å². The highest BCUT2D eigenvalue weighted by Crippen LogP contribution is 2.42. The number of fused-ring (bicyclic) bond motifs is 1. The molecule has 3 heteroatoms. The van der Waals surface area contributed by atoms with Crippen LogP contribution in [0.4, 0.5) is 0 Å². The zero-order valence-electron chi connectivity index (χ0n) is 10.0. The van der Waals surface area contributed by atoms with Crippen molar-refractivity contribution in [3.8, 4) is 0 Å². The van der Waals surface area contributed by atoms with Crippen LogP contribution in [0.15, 0.2) is 12.1 Å². The second-order valence-electron chi connectivity index (χ2n) is 4.91. The molecule has 1 aromatic heterocycles. The molecule has 0 aliphatic heterocycles. The topological polar surface area (TPSA) is 33.7 Å². The summed E-state index contributed by atoms with van der Waals surface area (Å²) in [6.45, 7) is 2.18. The van der Waals surface area contributed by atoms with Gasteiger partial charge in [-0.3, -0.25) is 5.41 Å². The number of aromatic nitrogens is 2. The smallest absolute Gasteiger partial charge is 0.202 e. The maximum absolute atomic E-state index is 7.96. The molecule has 0 atom stereocenters. The summed E-state index contributed by atoms with van der Waals surface area (Å²) >= 11 is 0. The van der Waals surface area contributed by atoms with Crippen LogP contribution in [0.2, 0.25) is 0 Å². The van der Waals surface area contributed by atoms with Gasteiger partial charge in [-0.1, -0.05) is 0 Å². The lowest BCUT2D eigenvalue weighted by Crippen LogP contribution is -2.19. The number of aryl methyl sites for hydroxylation is 3. The van der Waals surface area contributed by atoms with E-state index in [1.54, 1.807) is 0 Å². The Morgan fingerprint density at radius 3 is 2.25 bits per heavy atom. The number of nitrogens with zero attached hydrogens (tertiary/aromatic N) is 2. The van der Waals surface area contributed by atoms with Gasteiger partial charge in [0.05, 0.1) is 11.0 Å². The fourth-order valence-corrected chi connectivity index (χ4v) is 2.52. The molecule has 0 saturated heterocycles. The summed E-state index contributed by atoms with van der Waals surface area (Å²) in [5, 5.41) is 7.96. The Balaban J connectivity index is 2.39. The first-order chi connectivity index (χ1) is 7.59. The summed E-state index contributed by atoms with van der Waals surface area (Å²) in [6, 6.07) is 4.50. The summed E-state index contributed by atoms with van der Waals surface area (Å²) in [5.41, 5.74) is 5.75. The Labute approximate surface area is 94.8 Å². The highest BCUT2D eigenvalue weighted by Gasteiger charge is 2.25. The van der Waals surface area contributed by atoms with Crippen molar-refractivity contribution < 1.29 is 0 Å². The van der Waals surface area contributed by atoms with Gasteiger partial charge >= 0.3 is 0 Å². The second kappa shape index (κ2) is 3.00. The van der Waals surface area contributed by atoms with Crippen LogP contribution < -0.4 is 5.62 Å². The summed E-state index contributed by atoms with van der Waals surface area (Å²) in [4.78, 5) is 0. The van der Waals surface area contributed by atoms with E-state index in [-0.39, 0.29) is 0 Å². The molecule has 3 rings (SSSR count). The molecule has 1 N–H and O–H groups in total. The van der Waals surface area contributed by atoms with Gasteiger partial charge in [0.2, 0.25) is 5.62 Å². The molecule has 0 amide bonds. The van der Waals surface area contributed by atoms with E-state index in [0.29, 0.717) is 5.62 Å². The van der Waals surface area contributed by atoms with Gasteiger partial charge in [0.25, 0.3) is 0 Å². The zero-order valence-corrected chi connectivity index (χ0v) is 10.0. The largest absolute Gasteiger partial charge is 0.313 e. The molecular formula is C13H17N3. The third kappa shape index (κ3) is 1.17. The van der Waals surface area contributed by atoms with Gasteiger partial charge < -0.3 is 9.13 Å². The highest BCUT2D eigenvalue weighted by molar-refractivity contribution is 5.78. The Kier molecular flexibility index (Phi) is 1.82. The highest BCUT2D eigenvalue weighted by atomic mass is 15.1. The summed E-state index contributed by atoms with van der Waals surface area (Å²) < 4.78 is 3.90.